The van der Waals surface area contributed by atoms with Gasteiger partial charge < -0.3 is 9.69 Å². The monoisotopic (exact) mass is 540 g/mol. The molecule has 0 aromatic rings. The Balaban J connectivity index is 1.65. The first kappa shape index (κ1) is 30.5. The predicted octanol–water partition coefficient (Wildman–Crippen LogP) is 3.66. The van der Waals surface area contributed by atoms with Crippen molar-refractivity contribution >= 4 is 22.2 Å². The van der Waals surface area contributed by atoms with Crippen LogP contribution in [0.1, 0.15) is 104 Å². The van der Waals surface area contributed by atoms with Crippen LogP contribution < -0.4 is 10.6 Å². The molecular formula is C28H52N4O4S. The van der Waals surface area contributed by atoms with Gasteiger partial charge in [-0.1, -0.05) is 72.1 Å². The van der Waals surface area contributed by atoms with Crippen molar-refractivity contribution in [2.24, 2.45) is 11.8 Å². The lowest BCUT2D eigenvalue weighted by molar-refractivity contribution is -0.137. The minimum absolute atomic E-state index is 0.00738. The Morgan fingerprint density at radius 3 is 2.35 bits per heavy atom. The van der Waals surface area contributed by atoms with Gasteiger partial charge in [-0.05, 0) is 43.9 Å². The maximum Gasteiger partial charge on any atom is 0.240 e. The average molecular weight is 541 g/mol. The van der Waals surface area contributed by atoms with E-state index in [4.69, 9.17) is 0 Å². The summed E-state index contributed by atoms with van der Waals surface area (Å²) in [5, 5.41) is 7.05. The fourth-order valence-corrected chi connectivity index (χ4v) is 8.57. The molecule has 37 heavy (non-hydrogen) atoms. The van der Waals surface area contributed by atoms with Crippen LogP contribution >= 0.6 is 0 Å². The van der Waals surface area contributed by atoms with Gasteiger partial charge >= 0.3 is 0 Å². The zero-order valence-electron chi connectivity index (χ0n) is 23.6. The zero-order valence-corrected chi connectivity index (χ0v) is 24.4. The summed E-state index contributed by atoms with van der Waals surface area (Å²) < 4.78 is 28.1. The summed E-state index contributed by atoms with van der Waals surface area (Å²) in [6, 6.07) is -0.736. The topological polar surface area (TPSA) is 98.8 Å². The third kappa shape index (κ3) is 8.23. The molecule has 1 saturated carbocycles. The van der Waals surface area contributed by atoms with Crippen molar-refractivity contribution in [1.29, 1.82) is 0 Å². The number of nitrogens with zero attached hydrogens (tertiary/aromatic N) is 2. The van der Waals surface area contributed by atoms with E-state index in [1.54, 1.807) is 9.21 Å². The van der Waals surface area contributed by atoms with Crippen LogP contribution in [0.5, 0.6) is 0 Å². The van der Waals surface area contributed by atoms with Crippen LogP contribution in [0.3, 0.4) is 0 Å². The predicted molar refractivity (Wildman–Crippen MR) is 149 cm³/mol. The van der Waals surface area contributed by atoms with Crippen LogP contribution in [0.15, 0.2) is 0 Å². The molecule has 3 aliphatic rings. The van der Waals surface area contributed by atoms with E-state index >= 15 is 0 Å². The van der Waals surface area contributed by atoms with Gasteiger partial charge in [0, 0.05) is 31.8 Å². The van der Waals surface area contributed by atoms with E-state index < -0.39 is 15.6 Å². The van der Waals surface area contributed by atoms with Crippen LogP contribution in [0.2, 0.25) is 0 Å². The molecule has 3 fully saturated rings. The number of likely N-dealkylation sites (tertiary alicyclic amines) is 1. The van der Waals surface area contributed by atoms with E-state index in [1.165, 1.54) is 19.3 Å². The van der Waals surface area contributed by atoms with Crippen LogP contribution in [0.4, 0.5) is 0 Å². The number of amides is 1. The molecule has 2 aliphatic heterocycles. The Hall–Kier alpha value is -1.03. The summed E-state index contributed by atoms with van der Waals surface area (Å²) in [6.45, 7) is 8.64. The highest BCUT2D eigenvalue weighted by Gasteiger charge is 2.42. The van der Waals surface area contributed by atoms with E-state index in [2.05, 4.69) is 31.4 Å². The van der Waals surface area contributed by atoms with Gasteiger partial charge in [-0.25, -0.2) is 12.7 Å². The van der Waals surface area contributed by atoms with Gasteiger partial charge in [0.25, 0.3) is 0 Å². The fourth-order valence-electron chi connectivity index (χ4n) is 6.49. The molecule has 0 spiro atoms. The molecule has 0 aromatic carbocycles. The van der Waals surface area contributed by atoms with Crippen molar-refractivity contribution in [1.82, 2.24) is 19.8 Å². The van der Waals surface area contributed by atoms with Crippen LogP contribution in [0.25, 0.3) is 0 Å². The summed E-state index contributed by atoms with van der Waals surface area (Å²) >= 11 is 0. The van der Waals surface area contributed by atoms with Gasteiger partial charge in [-0.3, -0.25) is 15.4 Å². The summed E-state index contributed by atoms with van der Waals surface area (Å²) in [6.07, 6.45) is 14.0. The Morgan fingerprint density at radius 2 is 1.70 bits per heavy atom. The Morgan fingerprint density at radius 1 is 1.03 bits per heavy atom. The lowest BCUT2D eigenvalue weighted by atomic mass is 9.83. The minimum Gasteiger partial charge on any atom is -0.331 e. The van der Waals surface area contributed by atoms with E-state index in [0.717, 1.165) is 70.5 Å². The molecule has 0 bridgehead atoms. The highest BCUT2D eigenvalue weighted by molar-refractivity contribution is 7.89. The van der Waals surface area contributed by atoms with Crippen molar-refractivity contribution in [3.8, 4) is 0 Å². The van der Waals surface area contributed by atoms with Crippen molar-refractivity contribution in [2.45, 2.75) is 122 Å². The molecule has 1 amide bonds. The SMILES string of the molecule is CCCCCCC[C@H](NCNC1(CS(=O)(=O)N2CCCC2)CCCCC1)C(=O)N1C[C@H](C)C(C)C1C=O. The summed E-state index contributed by atoms with van der Waals surface area (Å²) in [4.78, 5) is 27.3. The zero-order chi connectivity index (χ0) is 26.9. The third-order valence-corrected chi connectivity index (χ3v) is 11.2. The highest BCUT2D eigenvalue weighted by atomic mass is 32.2. The first-order valence-corrected chi connectivity index (χ1v) is 16.6. The second kappa shape index (κ2) is 14.4. The van der Waals surface area contributed by atoms with Gasteiger partial charge in [0.1, 0.15) is 6.29 Å². The number of rotatable bonds is 15. The van der Waals surface area contributed by atoms with Gasteiger partial charge in [0.2, 0.25) is 15.9 Å². The van der Waals surface area contributed by atoms with E-state index in [9.17, 15) is 18.0 Å². The molecule has 214 valence electrons. The molecule has 0 radical (unpaired) electrons. The maximum absolute atomic E-state index is 13.7. The largest absolute Gasteiger partial charge is 0.331 e. The highest BCUT2D eigenvalue weighted by Crippen LogP contribution is 2.32. The maximum atomic E-state index is 13.7. The summed E-state index contributed by atoms with van der Waals surface area (Å²) in [7, 11) is -3.32. The van der Waals surface area contributed by atoms with Crippen LogP contribution in [0, 0.1) is 11.8 Å². The normalized spacial score (nSPS) is 27.4. The van der Waals surface area contributed by atoms with Gasteiger partial charge in [0.15, 0.2) is 0 Å². The van der Waals surface area contributed by atoms with Crippen molar-refractivity contribution < 1.29 is 18.0 Å². The molecule has 3 rings (SSSR count). The first-order valence-electron chi connectivity index (χ1n) is 14.9. The van der Waals surface area contributed by atoms with E-state index in [-0.39, 0.29) is 29.7 Å². The van der Waals surface area contributed by atoms with Crippen molar-refractivity contribution in [3.05, 3.63) is 0 Å². The van der Waals surface area contributed by atoms with E-state index in [0.29, 0.717) is 32.2 Å². The average Bonchev–Trinajstić information content (AvgIpc) is 3.52. The lowest BCUT2D eigenvalue weighted by Gasteiger charge is -2.39. The Bertz CT molecular complexity index is 824. The molecular weight excluding hydrogens is 488 g/mol. The van der Waals surface area contributed by atoms with Gasteiger partial charge in [-0.2, -0.15) is 0 Å². The second-order valence-corrected chi connectivity index (χ2v) is 13.9. The second-order valence-electron chi connectivity index (χ2n) is 12.0. The molecule has 2 N–H and O–H groups in total. The Labute approximate surface area is 225 Å². The summed E-state index contributed by atoms with van der Waals surface area (Å²) in [5.74, 6) is 0.592. The molecule has 2 saturated heterocycles. The van der Waals surface area contributed by atoms with Crippen LogP contribution in [-0.2, 0) is 19.6 Å². The number of nitrogens with one attached hydrogen (secondary N) is 2. The van der Waals surface area contributed by atoms with Crippen molar-refractivity contribution in [3.63, 3.8) is 0 Å². The minimum atomic E-state index is -3.32. The standard InChI is InChI=1S/C28H52N4O4S/c1-4-5-6-7-9-14-25(27(34)32-19-23(2)24(3)26(32)20-33)29-22-30-28(15-10-8-11-16-28)21-37(35,36)31-17-12-13-18-31/h20,23-26,29-30H,4-19,21-22H2,1-3H3/t23-,24?,25-,26?/m0/s1. The number of carbonyl (C=O) groups is 2. The molecule has 8 nitrogen and oxygen atoms in total. The number of aldehydes is 1. The third-order valence-electron chi connectivity index (χ3n) is 9.14. The lowest BCUT2D eigenvalue weighted by Crippen LogP contribution is -2.58. The molecule has 1 aliphatic carbocycles. The number of carbonyl (C=O) groups excluding carboxylic acids is 2. The number of sulfonamides is 1. The van der Waals surface area contributed by atoms with Gasteiger partial charge in [-0.15, -0.1) is 0 Å². The molecule has 0 aromatic heterocycles. The van der Waals surface area contributed by atoms with Crippen LogP contribution in [-0.4, -0.2) is 79.5 Å². The molecule has 2 heterocycles. The van der Waals surface area contributed by atoms with E-state index in [1.807, 2.05) is 0 Å². The first-order chi connectivity index (χ1) is 17.7. The quantitative estimate of drug-likeness (QED) is 0.187. The smallest absolute Gasteiger partial charge is 0.240 e. The fraction of sp³-hybridized carbons (Fsp3) is 0.929. The Kier molecular flexibility index (Phi) is 11.9. The molecule has 2 unspecified atom stereocenters. The molecule has 9 heteroatoms. The molecule has 4 atom stereocenters. The summed E-state index contributed by atoms with van der Waals surface area (Å²) in [5.41, 5.74) is -0.455. The number of hydrogen-bond acceptors (Lipinski definition) is 6. The number of unbranched alkanes of at least 4 members (excludes halogenated alkanes) is 4. The van der Waals surface area contributed by atoms with Crippen molar-refractivity contribution in [2.75, 3.05) is 32.1 Å². The van der Waals surface area contributed by atoms with Gasteiger partial charge in [0.05, 0.1) is 17.8 Å². The number of hydrogen-bond donors (Lipinski definition) is 2.